The molecular weight excluding hydrogens is 248 g/mol. The van der Waals surface area contributed by atoms with Crippen LogP contribution in [0.5, 0.6) is 0 Å². The van der Waals surface area contributed by atoms with Crippen LogP contribution < -0.4 is 5.32 Å². The maximum Gasteiger partial charge on any atom is 0.0983 e. The van der Waals surface area contributed by atoms with E-state index in [2.05, 4.69) is 41.7 Å². The van der Waals surface area contributed by atoms with Gasteiger partial charge >= 0.3 is 0 Å². The molecule has 0 bridgehead atoms. The lowest BCUT2D eigenvalue weighted by Gasteiger charge is -1.99. The zero-order chi connectivity index (χ0) is 12.1. The van der Waals surface area contributed by atoms with Crippen molar-refractivity contribution >= 4 is 22.7 Å². The zero-order valence-electron chi connectivity index (χ0n) is 10.3. The topological polar surface area (TPSA) is 24.9 Å². The molecule has 17 heavy (non-hydrogen) atoms. The van der Waals surface area contributed by atoms with Crippen LogP contribution >= 0.6 is 22.7 Å². The first-order chi connectivity index (χ1) is 8.29. The maximum atomic E-state index is 4.65. The predicted molar refractivity (Wildman–Crippen MR) is 76.0 cm³/mol. The Hall–Kier alpha value is -0.710. The standard InChI is InChI=1S/C13H18N2S2/c1-3-6-14-9-12-10(2)15-13(17-12)8-11-5-4-7-16-11/h4-5,7,14H,3,6,8-9H2,1-2H3. The minimum atomic E-state index is 0.960. The Labute approximate surface area is 111 Å². The number of aromatic nitrogens is 1. The maximum absolute atomic E-state index is 4.65. The van der Waals surface area contributed by atoms with Crippen LogP contribution in [0.25, 0.3) is 0 Å². The summed E-state index contributed by atoms with van der Waals surface area (Å²) in [5.41, 5.74) is 1.19. The van der Waals surface area contributed by atoms with Gasteiger partial charge in [-0.15, -0.1) is 22.7 Å². The number of thiazole rings is 1. The highest BCUT2D eigenvalue weighted by molar-refractivity contribution is 7.12. The summed E-state index contributed by atoms with van der Waals surface area (Å²) < 4.78 is 0. The summed E-state index contributed by atoms with van der Waals surface area (Å²) in [5.74, 6) is 0. The summed E-state index contributed by atoms with van der Waals surface area (Å²) in [4.78, 5) is 7.42. The molecule has 0 amide bonds. The van der Waals surface area contributed by atoms with E-state index in [1.54, 1.807) is 11.3 Å². The zero-order valence-corrected chi connectivity index (χ0v) is 12.0. The van der Waals surface area contributed by atoms with Crippen molar-refractivity contribution in [3.8, 4) is 0 Å². The van der Waals surface area contributed by atoms with Gasteiger partial charge in [-0.05, 0) is 31.3 Å². The van der Waals surface area contributed by atoms with Crippen molar-refractivity contribution in [1.82, 2.24) is 10.3 Å². The van der Waals surface area contributed by atoms with Crippen molar-refractivity contribution in [3.63, 3.8) is 0 Å². The van der Waals surface area contributed by atoms with E-state index in [0.717, 1.165) is 19.5 Å². The largest absolute Gasteiger partial charge is 0.312 e. The van der Waals surface area contributed by atoms with Crippen LogP contribution in [-0.4, -0.2) is 11.5 Å². The number of nitrogens with zero attached hydrogens (tertiary/aromatic N) is 1. The van der Waals surface area contributed by atoms with Crippen LogP contribution in [0.4, 0.5) is 0 Å². The Bertz CT molecular complexity index is 446. The van der Waals surface area contributed by atoms with E-state index in [1.807, 2.05) is 11.3 Å². The third-order valence-corrected chi connectivity index (χ3v) is 4.59. The molecule has 0 spiro atoms. The summed E-state index contributed by atoms with van der Waals surface area (Å²) in [6.45, 7) is 6.34. The number of thiophene rings is 1. The molecule has 0 saturated heterocycles. The Morgan fingerprint density at radius 1 is 1.41 bits per heavy atom. The third kappa shape index (κ3) is 3.63. The molecule has 2 rings (SSSR count). The second-order valence-electron chi connectivity index (χ2n) is 4.05. The van der Waals surface area contributed by atoms with Crippen LogP contribution in [0, 0.1) is 6.92 Å². The van der Waals surface area contributed by atoms with Gasteiger partial charge in [0.05, 0.1) is 10.7 Å². The lowest BCUT2D eigenvalue weighted by atomic mass is 10.3. The first-order valence-electron chi connectivity index (χ1n) is 5.98. The van der Waals surface area contributed by atoms with Gasteiger partial charge in [0.2, 0.25) is 0 Å². The van der Waals surface area contributed by atoms with E-state index in [1.165, 1.54) is 26.9 Å². The van der Waals surface area contributed by atoms with Crippen LogP contribution in [0.3, 0.4) is 0 Å². The quantitative estimate of drug-likeness (QED) is 0.808. The molecule has 0 aromatic carbocycles. The van der Waals surface area contributed by atoms with Gasteiger partial charge < -0.3 is 5.32 Å². The highest BCUT2D eigenvalue weighted by Gasteiger charge is 2.08. The average molecular weight is 266 g/mol. The molecule has 0 saturated carbocycles. The molecule has 2 aromatic heterocycles. The van der Waals surface area contributed by atoms with Crippen molar-refractivity contribution in [2.75, 3.05) is 6.54 Å². The second kappa shape index (κ2) is 6.28. The van der Waals surface area contributed by atoms with E-state index in [-0.39, 0.29) is 0 Å². The number of nitrogens with one attached hydrogen (secondary N) is 1. The molecule has 2 heterocycles. The van der Waals surface area contributed by atoms with Gasteiger partial charge in [0, 0.05) is 22.7 Å². The number of aryl methyl sites for hydroxylation is 1. The monoisotopic (exact) mass is 266 g/mol. The van der Waals surface area contributed by atoms with Gasteiger partial charge in [0.15, 0.2) is 0 Å². The summed E-state index contributed by atoms with van der Waals surface area (Å²) in [7, 11) is 0. The fraction of sp³-hybridized carbons (Fsp3) is 0.462. The fourth-order valence-electron chi connectivity index (χ4n) is 1.67. The van der Waals surface area contributed by atoms with Crippen LogP contribution in [0.1, 0.15) is 33.8 Å². The Morgan fingerprint density at radius 2 is 2.29 bits per heavy atom. The molecule has 1 N–H and O–H groups in total. The van der Waals surface area contributed by atoms with Crippen molar-refractivity contribution in [2.45, 2.75) is 33.2 Å². The van der Waals surface area contributed by atoms with Gasteiger partial charge in [0.1, 0.15) is 0 Å². The second-order valence-corrected chi connectivity index (χ2v) is 6.25. The van der Waals surface area contributed by atoms with Crippen molar-refractivity contribution in [3.05, 3.63) is 38.0 Å². The predicted octanol–water partition coefficient (Wildman–Crippen LogP) is 3.60. The molecule has 2 aromatic rings. The number of hydrogen-bond acceptors (Lipinski definition) is 4. The van der Waals surface area contributed by atoms with E-state index >= 15 is 0 Å². The summed E-state index contributed by atoms with van der Waals surface area (Å²) in [6, 6.07) is 4.28. The highest BCUT2D eigenvalue weighted by atomic mass is 32.1. The van der Waals surface area contributed by atoms with Gasteiger partial charge in [-0.2, -0.15) is 0 Å². The van der Waals surface area contributed by atoms with Gasteiger partial charge in [-0.1, -0.05) is 13.0 Å². The van der Waals surface area contributed by atoms with E-state index in [4.69, 9.17) is 0 Å². The Balaban J connectivity index is 1.98. The SMILES string of the molecule is CCCNCc1sc(Cc2cccs2)nc1C. The van der Waals surface area contributed by atoms with E-state index < -0.39 is 0 Å². The molecule has 0 radical (unpaired) electrons. The molecule has 0 aliphatic carbocycles. The van der Waals surface area contributed by atoms with Gasteiger partial charge in [-0.3, -0.25) is 0 Å². The summed E-state index contributed by atoms with van der Waals surface area (Å²) >= 11 is 3.65. The van der Waals surface area contributed by atoms with Crippen molar-refractivity contribution < 1.29 is 0 Å². The molecule has 4 heteroatoms. The average Bonchev–Trinajstić information content (AvgIpc) is 2.91. The molecule has 0 aliphatic rings. The highest BCUT2D eigenvalue weighted by Crippen LogP contribution is 2.22. The third-order valence-electron chi connectivity index (χ3n) is 2.55. The van der Waals surface area contributed by atoms with Crippen LogP contribution in [0.15, 0.2) is 17.5 Å². The summed E-state index contributed by atoms with van der Waals surface area (Å²) in [6.07, 6.45) is 2.16. The molecule has 0 atom stereocenters. The normalized spacial score (nSPS) is 10.9. The smallest absolute Gasteiger partial charge is 0.0983 e. The first-order valence-corrected chi connectivity index (χ1v) is 7.67. The number of rotatable bonds is 6. The Morgan fingerprint density at radius 3 is 3.00 bits per heavy atom. The lowest BCUT2D eigenvalue weighted by molar-refractivity contribution is 0.678. The number of hydrogen-bond donors (Lipinski definition) is 1. The van der Waals surface area contributed by atoms with Gasteiger partial charge in [-0.25, -0.2) is 4.98 Å². The minimum Gasteiger partial charge on any atom is -0.312 e. The van der Waals surface area contributed by atoms with Crippen molar-refractivity contribution in [1.29, 1.82) is 0 Å². The summed E-state index contributed by atoms with van der Waals surface area (Å²) in [5, 5.41) is 6.80. The molecule has 92 valence electrons. The van der Waals surface area contributed by atoms with Crippen molar-refractivity contribution in [2.24, 2.45) is 0 Å². The van der Waals surface area contributed by atoms with Crippen LogP contribution in [0.2, 0.25) is 0 Å². The van der Waals surface area contributed by atoms with Gasteiger partial charge in [0.25, 0.3) is 0 Å². The lowest BCUT2D eigenvalue weighted by Crippen LogP contribution is -2.13. The molecular formula is C13H18N2S2. The molecule has 0 fully saturated rings. The van der Waals surface area contributed by atoms with E-state index in [9.17, 15) is 0 Å². The van der Waals surface area contributed by atoms with E-state index in [0.29, 0.717) is 0 Å². The molecule has 0 aliphatic heterocycles. The fourth-order valence-corrected chi connectivity index (χ4v) is 3.53. The molecule has 2 nitrogen and oxygen atoms in total. The minimum absolute atomic E-state index is 0.960. The van der Waals surface area contributed by atoms with Crippen LogP contribution in [-0.2, 0) is 13.0 Å². The first kappa shape index (κ1) is 12.7. The molecule has 0 unspecified atom stereocenters. The Kier molecular flexibility index (Phi) is 4.71.